The molecule has 2 heterocycles. The molecular formula is C20H26N6O4. The number of aromatic nitrogens is 4. The molecule has 30 heavy (non-hydrogen) atoms. The number of carbonyl (C=O) groups is 1. The Hall–Kier alpha value is -3.40. The fourth-order valence-electron chi connectivity index (χ4n) is 3.42. The summed E-state index contributed by atoms with van der Waals surface area (Å²) >= 11 is 0. The summed E-state index contributed by atoms with van der Waals surface area (Å²) in [7, 11) is 1.53. The van der Waals surface area contributed by atoms with E-state index in [1.807, 2.05) is 0 Å². The highest BCUT2D eigenvalue weighted by Gasteiger charge is 2.18. The molecule has 0 radical (unpaired) electrons. The fourth-order valence-corrected chi connectivity index (χ4v) is 3.42. The van der Waals surface area contributed by atoms with Gasteiger partial charge in [0, 0.05) is 18.2 Å². The molecule has 0 aliphatic carbocycles. The number of methoxy groups -OCH3 is 1. The number of nitrogens with two attached hydrogens (primary N) is 1. The summed E-state index contributed by atoms with van der Waals surface area (Å²) in [5, 5.41) is 26.5. The average molecular weight is 414 g/mol. The molecule has 10 nitrogen and oxygen atoms in total. The molecule has 160 valence electrons. The lowest BCUT2D eigenvalue weighted by atomic mass is 10.1. The second-order valence-electron chi connectivity index (χ2n) is 6.94. The molecule has 3 aromatic rings. The Morgan fingerprint density at radius 2 is 2.13 bits per heavy atom. The number of nitrogens with one attached hydrogen (secondary N) is 1. The molecule has 2 aromatic heterocycles. The summed E-state index contributed by atoms with van der Waals surface area (Å²) in [4.78, 5) is 20.0. The Bertz CT molecular complexity index is 1030. The number of nitrogens with zero attached hydrogens (tertiary/aromatic N) is 4. The number of rotatable bonds is 10. The Labute approximate surface area is 173 Å². The molecule has 0 unspecified atom stereocenters. The van der Waals surface area contributed by atoms with Crippen LogP contribution in [0.1, 0.15) is 42.1 Å². The highest BCUT2D eigenvalue weighted by molar-refractivity contribution is 5.88. The molecule has 0 spiro atoms. The van der Waals surface area contributed by atoms with E-state index in [1.54, 1.807) is 23.0 Å². The first-order valence-electron chi connectivity index (χ1n) is 9.73. The zero-order valence-corrected chi connectivity index (χ0v) is 17.0. The second-order valence-corrected chi connectivity index (χ2v) is 6.94. The third-order valence-corrected chi connectivity index (χ3v) is 4.81. The smallest absolute Gasteiger partial charge is 0.335 e. The van der Waals surface area contributed by atoms with Gasteiger partial charge in [-0.25, -0.2) is 9.78 Å². The van der Waals surface area contributed by atoms with Crippen molar-refractivity contribution in [3.8, 4) is 5.75 Å². The van der Waals surface area contributed by atoms with Gasteiger partial charge in [-0.2, -0.15) is 10.1 Å². The molecule has 1 atom stereocenters. The van der Waals surface area contributed by atoms with Gasteiger partial charge in [-0.05, 0) is 31.0 Å². The molecular weight excluding hydrogens is 388 g/mol. The summed E-state index contributed by atoms with van der Waals surface area (Å²) in [6.45, 7) is 2.38. The number of hydrogen-bond acceptors (Lipinski definition) is 8. The Morgan fingerprint density at radius 1 is 1.33 bits per heavy atom. The molecule has 0 bridgehead atoms. The molecule has 5 N–H and O–H groups in total. The van der Waals surface area contributed by atoms with E-state index in [4.69, 9.17) is 10.5 Å². The van der Waals surface area contributed by atoms with Crippen LogP contribution in [-0.2, 0) is 6.54 Å². The van der Waals surface area contributed by atoms with Crippen molar-refractivity contribution in [2.75, 3.05) is 24.8 Å². The first kappa shape index (κ1) is 21.3. The predicted molar refractivity (Wildman–Crippen MR) is 113 cm³/mol. The van der Waals surface area contributed by atoms with Crippen LogP contribution in [0.5, 0.6) is 5.75 Å². The SMILES string of the molecule is CCC[C@@H](CCO)Nc1nc(N)nc2cnn(Cc3cc(C(=O)O)ccc3OC)c12. The van der Waals surface area contributed by atoms with Crippen LogP contribution in [0.3, 0.4) is 0 Å². The van der Waals surface area contributed by atoms with Crippen molar-refractivity contribution in [2.45, 2.75) is 38.8 Å². The van der Waals surface area contributed by atoms with Crippen LogP contribution >= 0.6 is 0 Å². The summed E-state index contributed by atoms with van der Waals surface area (Å²) in [6, 6.07) is 4.69. The minimum Gasteiger partial charge on any atom is -0.496 e. The van der Waals surface area contributed by atoms with Crippen LogP contribution in [0, 0.1) is 0 Å². The summed E-state index contributed by atoms with van der Waals surface area (Å²) in [5.74, 6) is 0.178. The molecule has 0 aliphatic rings. The quantitative estimate of drug-likeness (QED) is 0.391. The zero-order valence-electron chi connectivity index (χ0n) is 17.0. The number of anilines is 2. The molecule has 3 rings (SSSR count). The fraction of sp³-hybridized carbons (Fsp3) is 0.400. The van der Waals surface area contributed by atoms with E-state index in [0.29, 0.717) is 34.6 Å². The molecule has 1 aromatic carbocycles. The van der Waals surface area contributed by atoms with Crippen LogP contribution in [0.4, 0.5) is 11.8 Å². The molecule has 0 amide bonds. The van der Waals surface area contributed by atoms with Gasteiger partial charge in [-0.1, -0.05) is 13.3 Å². The Morgan fingerprint density at radius 3 is 2.80 bits per heavy atom. The maximum Gasteiger partial charge on any atom is 0.335 e. The van der Waals surface area contributed by atoms with E-state index in [2.05, 4.69) is 27.3 Å². The standard InChI is InChI=1S/C20H26N6O4/c1-3-4-14(7-8-27)23-18-17-15(24-20(21)25-18)10-22-26(17)11-13-9-12(19(28)29)5-6-16(13)30-2/h5-6,9-10,14,27H,3-4,7-8,11H2,1-2H3,(H,28,29)(H3,21,23,24,25)/t14-/m0/s1. The normalized spacial score (nSPS) is 12.1. The van der Waals surface area contributed by atoms with Gasteiger partial charge in [0.05, 0.1) is 25.4 Å². The van der Waals surface area contributed by atoms with Gasteiger partial charge >= 0.3 is 5.97 Å². The van der Waals surface area contributed by atoms with Gasteiger partial charge in [-0.15, -0.1) is 0 Å². The van der Waals surface area contributed by atoms with E-state index in [-0.39, 0.29) is 30.7 Å². The third kappa shape index (κ3) is 4.60. The molecule has 10 heteroatoms. The lowest BCUT2D eigenvalue weighted by molar-refractivity contribution is 0.0696. The van der Waals surface area contributed by atoms with Crippen molar-refractivity contribution in [1.82, 2.24) is 19.7 Å². The van der Waals surface area contributed by atoms with Crippen LogP contribution in [0.15, 0.2) is 24.4 Å². The number of carboxylic acids is 1. The summed E-state index contributed by atoms with van der Waals surface area (Å²) in [5.41, 5.74) is 7.90. The molecule has 0 saturated heterocycles. The van der Waals surface area contributed by atoms with Gasteiger partial charge in [0.1, 0.15) is 16.8 Å². The predicted octanol–water partition coefficient (Wildman–Crippen LogP) is 2.13. The molecule has 0 fully saturated rings. The van der Waals surface area contributed by atoms with Gasteiger partial charge in [0.15, 0.2) is 5.82 Å². The minimum atomic E-state index is -1.02. The minimum absolute atomic E-state index is 0.0192. The van der Waals surface area contributed by atoms with Crippen molar-refractivity contribution in [3.63, 3.8) is 0 Å². The Balaban J connectivity index is 2.04. The first-order valence-corrected chi connectivity index (χ1v) is 9.73. The number of nitrogen functional groups attached to an aromatic ring is 1. The number of ether oxygens (including phenoxy) is 1. The van der Waals surface area contributed by atoms with Crippen LogP contribution < -0.4 is 15.8 Å². The van der Waals surface area contributed by atoms with Crippen molar-refractivity contribution in [2.24, 2.45) is 0 Å². The zero-order chi connectivity index (χ0) is 21.7. The number of aliphatic hydroxyl groups excluding tert-OH is 1. The van der Waals surface area contributed by atoms with E-state index >= 15 is 0 Å². The number of fused-ring (bicyclic) bond motifs is 1. The average Bonchev–Trinajstić information content (AvgIpc) is 3.10. The van der Waals surface area contributed by atoms with Gasteiger partial charge in [0.25, 0.3) is 0 Å². The second kappa shape index (κ2) is 9.40. The molecule has 0 saturated carbocycles. The van der Waals surface area contributed by atoms with Crippen LogP contribution in [-0.4, -0.2) is 55.7 Å². The van der Waals surface area contributed by atoms with E-state index < -0.39 is 5.97 Å². The number of aromatic carboxylic acids is 1. The number of aliphatic hydroxyl groups is 1. The monoisotopic (exact) mass is 414 g/mol. The molecule has 0 aliphatic heterocycles. The largest absolute Gasteiger partial charge is 0.496 e. The highest BCUT2D eigenvalue weighted by Crippen LogP contribution is 2.26. The van der Waals surface area contributed by atoms with Crippen molar-refractivity contribution < 1.29 is 19.7 Å². The van der Waals surface area contributed by atoms with Crippen molar-refractivity contribution in [3.05, 3.63) is 35.5 Å². The maximum atomic E-state index is 11.4. The van der Waals surface area contributed by atoms with Crippen LogP contribution in [0.2, 0.25) is 0 Å². The lowest BCUT2D eigenvalue weighted by Crippen LogP contribution is -2.22. The van der Waals surface area contributed by atoms with E-state index in [0.717, 1.165) is 12.8 Å². The van der Waals surface area contributed by atoms with Crippen molar-refractivity contribution >= 4 is 28.8 Å². The van der Waals surface area contributed by atoms with Gasteiger partial charge in [0.2, 0.25) is 5.95 Å². The lowest BCUT2D eigenvalue weighted by Gasteiger charge is -2.19. The van der Waals surface area contributed by atoms with Gasteiger partial charge < -0.3 is 26.0 Å². The van der Waals surface area contributed by atoms with E-state index in [1.165, 1.54) is 13.2 Å². The highest BCUT2D eigenvalue weighted by atomic mass is 16.5. The maximum absolute atomic E-state index is 11.4. The Kier molecular flexibility index (Phi) is 6.68. The van der Waals surface area contributed by atoms with Gasteiger partial charge in [-0.3, -0.25) is 4.68 Å². The topological polar surface area (TPSA) is 148 Å². The van der Waals surface area contributed by atoms with Crippen LogP contribution in [0.25, 0.3) is 11.0 Å². The summed E-state index contributed by atoms with van der Waals surface area (Å²) < 4.78 is 7.07. The number of carboxylic acid groups (broad SMARTS) is 1. The van der Waals surface area contributed by atoms with E-state index in [9.17, 15) is 15.0 Å². The summed E-state index contributed by atoms with van der Waals surface area (Å²) in [6.07, 6.45) is 3.96. The third-order valence-electron chi connectivity index (χ3n) is 4.81. The first-order chi connectivity index (χ1) is 14.5. The number of hydrogen-bond donors (Lipinski definition) is 4. The van der Waals surface area contributed by atoms with Crippen molar-refractivity contribution in [1.29, 1.82) is 0 Å². The number of benzene rings is 1.